The zero-order valence-electron chi connectivity index (χ0n) is 12.0. The van der Waals surface area contributed by atoms with Crippen molar-refractivity contribution in [2.45, 2.75) is 24.8 Å². The van der Waals surface area contributed by atoms with Crippen molar-refractivity contribution in [2.75, 3.05) is 5.73 Å². The Bertz CT molecular complexity index is 839. The highest BCUT2D eigenvalue weighted by Crippen LogP contribution is 2.19. The molecule has 1 aromatic heterocycles. The van der Waals surface area contributed by atoms with Crippen LogP contribution in [0.15, 0.2) is 41.6 Å². The van der Waals surface area contributed by atoms with E-state index >= 15 is 0 Å². The second kappa shape index (κ2) is 5.33. The van der Waals surface area contributed by atoms with Gasteiger partial charge < -0.3 is 10.7 Å². The van der Waals surface area contributed by atoms with Gasteiger partial charge in [-0.3, -0.25) is 4.21 Å². The lowest BCUT2D eigenvalue weighted by atomic mass is 10.1. The number of fused-ring (bicyclic) bond motifs is 1. The third-order valence-electron chi connectivity index (χ3n) is 3.57. The Balaban J connectivity index is 1.87. The van der Waals surface area contributed by atoms with Gasteiger partial charge in [-0.1, -0.05) is 18.2 Å². The minimum absolute atomic E-state index is 0.455. The van der Waals surface area contributed by atoms with Gasteiger partial charge in [0.15, 0.2) is 5.16 Å². The lowest BCUT2D eigenvalue weighted by Gasteiger charge is -2.04. The Morgan fingerprint density at radius 1 is 1.14 bits per heavy atom. The van der Waals surface area contributed by atoms with Gasteiger partial charge in [0.25, 0.3) is 0 Å². The van der Waals surface area contributed by atoms with Crippen molar-refractivity contribution in [1.29, 1.82) is 0 Å². The fourth-order valence-electron chi connectivity index (χ4n) is 2.22. The predicted molar refractivity (Wildman–Crippen MR) is 86.5 cm³/mol. The molecule has 4 nitrogen and oxygen atoms in total. The number of imidazole rings is 1. The summed E-state index contributed by atoms with van der Waals surface area (Å²) in [5.74, 6) is 0.455. The van der Waals surface area contributed by atoms with Crippen LogP contribution in [0.25, 0.3) is 11.0 Å². The van der Waals surface area contributed by atoms with E-state index in [1.54, 1.807) is 12.1 Å². The summed E-state index contributed by atoms with van der Waals surface area (Å²) in [5, 5.41) is 0.494. The minimum atomic E-state index is -1.20. The van der Waals surface area contributed by atoms with Gasteiger partial charge in [0.05, 0.1) is 27.6 Å². The zero-order chi connectivity index (χ0) is 15.0. The summed E-state index contributed by atoms with van der Waals surface area (Å²) in [5.41, 5.74) is 11.5. The third-order valence-corrected chi connectivity index (χ3v) is 4.79. The van der Waals surface area contributed by atoms with Crippen molar-refractivity contribution < 1.29 is 4.21 Å². The number of aromatic nitrogens is 2. The van der Waals surface area contributed by atoms with E-state index < -0.39 is 10.8 Å². The first-order valence-corrected chi connectivity index (χ1v) is 8.04. The van der Waals surface area contributed by atoms with Crippen LogP contribution in [-0.2, 0) is 16.6 Å². The van der Waals surface area contributed by atoms with E-state index in [0.29, 0.717) is 16.6 Å². The molecule has 3 rings (SSSR count). The molecule has 0 saturated heterocycles. The van der Waals surface area contributed by atoms with E-state index in [2.05, 4.69) is 35.9 Å². The molecule has 1 heterocycles. The summed E-state index contributed by atoms with van der Waals surface area (Å²) in [7, 11) is -1.20. The number of anilines is 1. The molecular weight excluding hydrogens is 282 g/mol. The summed E-state index contributed by atoms with van der Waals surface area (Å²) in [4.78, 5) is 7.47. The molecule has 0 radical (unpaired) electrons. The number of nitrogens with two attached hydrogens (primary N) is 1. The molecule has 0 spiro atoms. The fraction of sp³-hybridized carbons (Fsp3) is 0.188. The van der Waals surface area contributed by atoms with Crippen molar-refractivity contribution in [3.8, 4) is 0 Å². The maximum absolute atomic E-state index is 12.5. The van der Waals surface area contributed by atoms with Crippen molar-refractivity contribution in [3.05, 3.63) is 53.1 Å². The van der Waals surface area contributed by atoms with Gasteiger partial charge in [0.1, 0.15) is 0 Å². The second-order valence-electron chi connectivity index (χ2n) is 5.23. The van der Waals surface area contributed by atoms with Crippen LogP contribution in [0, 0.1) is 13.8 Å². The van der Waals surface area contributed by atoms with Crippen molar-refractivity contribution in [3.63, 3.8) is 0 Å². The number of hydrogen-bond donors (Lipinski definition) is 2. The predicted octanol–water partition coefficient (Wildman–Crippen LogP) is 3.07. The molecule has 0 bridgehead atoms. The Labute approximate surface area is 125 Å². The lowest BCUT2D eigenvalue weighted by molar-refractivity contribution is 0.677. The molecule has 0 saturated carbocycles. The van der Waals surface area contributed by atoms with Crippen molar-refractivity contribution in [2.24, 2.45) is 0 Å². The molecular formula is C16H17N3OS. The molecule has 3 aromatic rings. The van der Waals surface area contributed by atoms with E-state index in [1.165, 1.54) is 11.1 Å². The van der Waals surface area contributed by atoms with Crippen molar-refractivity contribution in [1.82, 2.24) is 9.97 Å². The molecule has 21 heavy (non-hydrogen) atoms. The molecule has 1 unspecified atom stereocenters. The minimum Gasteiger partial charge on any atom is -0.399 e. The molecule has 0 fully saturated rings. The Morgan fingerprint density at radius 2 is 1.95 bits per heavy atom. The molecule has 1 atom stereocenters. The number of benzene rings is 2. The van der Waals surface area contributed by atoms with Gasteiger partial charge in [0, 0.05) is 5.69 Å². The smallest absolute Gasteiger partial charge is 0.197 e. The van der Waals surface area contributed by atoms with Gasteiger partial charge in [-0.05, 0) is 48.7 Å². The van der Waals surface area contributed by atoms with Crippen LogP contribution >= 0.6 is 0 Å². The number of nitrogens with zero attached hydrogens (tertiary/aromatic N) is 1. The first-order valence-electron chi connectivity index (χ1n) is 6.72. The van der Waals surface area contributed by atoms with Gasteiger partial charge in [-0.15, -0.1) is 0 Å². The number of nitrogens with one attached hydrogen (secondary N) is 1. The van der Waals surface area contributed by atoms with Crippen LogP contribution in [0.5, 0.6) is 0 Å². The number of aromatic amines is 1. The standard InChI is InChI=1S/C16H17N3OS/c1-10-3-4-12(7-11(10)2)9-21(20)16-18-14-6-5-13(17)8-15(14)19-16/h3-8H,9,17H2,1-2H3,(H,18,19). The number of H-pyrrole nitrogens is 1. The first kappa shape index (κ1) is 13.8. The van der Waals surface area contributed by atoms with E-state index in [4.69, 9.17) is 5.73 Å². The number of aryl methyl sites for hydroxylation is 2. The number of hydrogen-bond acceptors (Lipinski definition) is 3. The molecule has 0 aliphatic heterocycles. The molecule has 108 valence electrons. The van der Waals surface area contributed by atoms with Crippen LogP contribution < -0.4 is 5.73 Å². The highest BCUT2D eigenvalue weighted by molar-refractivity contribution is 7.84. The second-order valence-corrected chi connectivity index (χ2v) is 6.59. The normalized spacial score (nSPS) is 12.7. The van der Waals surface area contributed by atoms with Crippen LogP contribution in [-0.4, -0.2) is 14.2 Å². The van der Waals surface area contributed by atoms with E-state index in [-0.39, 0.29) is 0 Å². The Morgan fingerprint density at radius 3 is 2.71 bits per heavy atom. The highest BCUT2D eigenvalue weighted by atomic mass is 32.2. The van der Waals surface area contributed by atoms with Crippen LogP contribution in [0.3, 0.4) is 0 Å². The SMILES string of the molecule is Cc1ccc(CS(=O)c2nc3ccc(N)cc3[nH]2)cc1C. The molecule has 0 aliphatic rings. The molecule has 2 aromatic carbocycles. The summed E-state index contributed by atoms with van der Waals surface area (Å²) >= 11 is 0. The molecule has 5 heteroatoms. The third kappa shape index (κ3) is 2.83. The summed E-state index contributed by atoms with van der Waals surface area (Å²) in [6.45, 7) is 4.13. The quantitative estimate of drug-likeness (QED) is 0.730. The maximum Gasteiger partial charge on any atom is 0.197 e. The van der Waals surface area contributed by atoms with Gasteiger partial charge in [-0.2, -0.15) is 0 Å². The molecule has 0 amide bonds. The lowest BCUT2D eigenvalue weighted by Crippen LogP contribution is -1.99. The highest BCUT2D eigenvalue weighted by Gasteiger charge is 2.11. The molecule has 3 N–H and O–H groups in total. The van der Waals surface area contributed by atoms with E-state index in [0.717, 1.165) is 16.6 Å². The average Bonchev–Trinajstić information content (AvgIpc) is 2.86. The molecule has 0 aliphatic carbocycles. The fourth-order valence-corrected chi connectivity index (χ4v) is 3.27. The Hall–Kier alpha value is -2.14. The van der Waals surface area contributed by atoms with Crippen molar-refractivity contribution >= 4 is 27.5 Å². The monoisotopic (exact) mass is 299 g/mol. The topological polar surface area (TPSA) is 71.8 Å². The van der Waals surface area contributed by atoms with Gasteiger partial charge in [0.2, 0.25) is 0 Å². The van der Waals surface area contributed by atoms with E-state index in [1.807, 2.05) is 12.1 Å². The van der Waals surface area contributed by atoms with Crippen LogP contribution in [0.2, 0.25) is 0 Å². The van der Waals surface area contributed by atoms with Crippen LogP contribution in [0.1, 0.15) is 16.7 Å². The largest absolute Gasteiger partial charge is 0.399 e. The average molecular weight is 299 g/mol. The summed E-state index contributed by atoms with van der Waals surface area (Å²) < 4.78 is 12.5. The summed E-state index contributed by atoms with van der Waals surface area (Å²) in [6, 6.07) is 11.6. The number of nitrogen functional groups attached to an aromatic ring is 1. The van der Waals surface area contributed by atoms with Gasteiger partial charge in [-0.25, -0.2) is 4.98 Å². The summed E-state index contributed by atoms with van der Waals surface area (Å²) in [6.07, 6.45) is 0. The van der Waals surface area contributed by atoms with Crippen LogP contribution in [0.4, 0.5) is 5.69 Å². The number of rotatable bonds is 3. The zero-order valence-corrected chi connectivity index (χ0v) is 12.8. The maximum atomic E-state index is 12.5. The first-order chi connectivity index (χ1) is 10.0. The van der Waals surface area contributed by atoms with E-state index in [9.17, 15) is 4.21 Å². The van der Waals surface area contributed by atoms with Gasteiger partial charge >= 0.3 is 0 Å². The Kier molecular flexibility index (Phi) is 3.51.